The van der Waals surface area contributed by atoms with Crippen LogP contribution in [-0.4, -0.2) is 50.3 Å². The molecule has 0 bridgehead atoms. The van der Waals surface area contributed by atoms with E-state index >= 15 is 0 Å². The van der Waals surface area contributed by atoms with Gasteiger partial charge in [-0.1, -0.05) is 0 Å². The van der Waals surface area contributed by atoms with Gasteiger partial charge in [-0.25, -0.2) is 0 Å². The maximum absolute atomic E-state index is 5.97. The van der Waals surface area contributed by atoms with Crippen molar-refractivity contribution < 1.29 is 9.15 Å². The number of methoxy groups -OCH3 is 1. The van der Waals surface area contributed by atoms with Gasteiger partial charge in [-0.2, -0.15) is 0 Å². The molecule has 132 valence electrons. The molecule has 2 unspecified atom stereocenters. The molecule has 3 N–H and O–H groups in total. The number of furan rings is 1. The first-order valence-electron chi connectivity index (χ1n) is 7.96. The quantitative estimate of drug-likeness (QED) is 0.390. The fraction of sp³-hybridized carbons (Fsp3) is 0.688. The van der Waals surface area contributed by atoms with Gasteiger partial charge in [0.25, 0.3) is 0 Å². The standard InChI is InChI=1S/C16H28N4O2.HI/c1-12(11-21-3)19-16(17)18-10-14(20-8-4-5-9-20)15-7-6-13(2)22-15;/h6-7,12,14H,4-5,8-11H2,1-3H3,(H3,17,18,19);1H. The Bertz CT molecular complexity index is 486. The Labute approximate surface area is 155 Å². The molecule has 0 radical (unpaired) electrons. The molecule has 6 nitrogen and oxygen atoms in total. The zero-order chi connectivity index (χ0) is 15.9. The summed E-state index contributed by atoms with van der Waals surface area (Å²) in [5.41, 5.74) is 5.97. The van der Waals surface area contributed by atoms with Crippen molar-refractivity contribution in [3.8, 4) is 0 Å². The number of aliphatic imine (C=N–C) groups is 1. The van der Waals surface area contributed by atoms with Crippen LogP contribution in [0.4, 0.5) is 0 Å². The average Bonchev–Trinajstić information content (AvgIpc) is 3.11. The second-order valence-corrected chi connectivity index (χ2v) is 5.93. The van der Waals surface area contributed by atoms with Crippen LogP contribution in [0.5, 0.6) is 0 Å². The summed E-state index contributed by atoms with van der Waals surface area (Å²) < 4.78 is 10.9. The minimum absolute atomic E-state index is 0. The highest BCUT2D eigenvalue weighted by Gasteiger charge is 2.25. The van der Waals surface area contributed by atoms with E-state index in [-0.39, 0.29) is 36.1 Å². The van der Waals surface area contributed by atoms with Crippen LogP contribution in [0, 0.1) is 6.92 Å². The average molecular weight is 436 g/mol. The monoisotopic (exact) mass is 436 g/mol. The van der Waals surface area contributed by atoms with Crippen LogP contribution in [0.25, 0.3) is 0 Å². The number of nitrogens with two attached hydrogens (primary N) is 1. The summed E-state index contributed by atoms with van der Waals surface area (Å²) >= 11 is 0. The van der Waals surface area contributed by atoms with Gasteiger partial charge in [-0.05, 0) is 51.9 Å². The van der Waals surface area contributed by atoms with Crippen molar-refractivity contribution in [2.24, 2.45) is 10.7 Å². The van der Waals surface area contributed by atoms with Gasteiger partial charge in [0.1, 0.15) is 11.5 Å². The van der Waals surface area contributed by atoms with E-state index in [1.54, 1.807) is 7.11 Å². The summed E-state index contributed by atoms with van der Waals surface area (Å²) in [4.78, 5) is 6.93. The van der Waals surface area contributed by atoms with E-state index in [1.165, 1.54) is 12.8 Å². The highest BCUT2D eigenvalue weighted by Crippen LogP contribution is 2.26. The van der Waals surface area contributed by atoms with E-state index in [4.69, 9.17) is 14.9 Å². The number of likely N-dealkylation sites (tertiary alicyclic amines) is 1. The molecule has 1 aliphatic heterocycles. The first-order valence-corrected chi connectivity index (χ1v) is 7.96. The molecule has 0 saturated carbocycles. The number of aryl methyl sites for hydroxylation is 1. The van der Waals surface area contributed by atoms with Crippen LogP contribution in [0.2, 0.25) is 0 Å². The number of ether oxygens (including phenoxy) is 1. The summed E-state index contributed by atoms with van der Waals surface area (Å²) in [6.07, 6.45) is 2.47. The van der Waals surface area contributed by atoms with E-state index in [1.807, 2.05) is 26.0 Å². The van der Waals surface area contributed by atoms with Crippen LogP contribution in [-0.2, 0) is 4.74 Å². The van der Waals surface area contributed by atoms with Crippen molar-refractivity contribution in [3.63, 3.8) is 0 Å². The first kappa shape index (κ1) is 20.2. The Kier molecular flexibility index (Phi) is 8.93. The van der Waals surface area contributed by atoms with Gasteiger partial charge < -0.3 is 20.2 Å². The molecule has 7 heteroatoms. The third-order valence-electron chi connectivity index (χ3n) is 3.92. The summed E-state index contributed by atoms with van der Waals surface area (Å²) in [5, 5.41) is 3.14. The molecule has 0 spiro atoms. The van der Waals surface area contributed by atoms with E-state index < -0.39 is 0 Å². The van der Waals surface area contributed by atoms with Crippen LogP contribution in [0.1, 0.15) is 37.3 Å². The van der Waals surface area contributed by atoms with Gasteiger partial charge in [0.15, 0.2) is 5.96 Å². The minimum atomic E-state index is 0. The van der Waals surface area contributed by atoms with Crippen LogP contribution >= 0.6 is 24.0 Å². The van der Waals surface area contributed by atoms with Crippen molar-refractivity contribution in [1.82, 2.24) is 10.2 Å². The molecule has 0 amide bonds. The third-order valence-corrected chi connectivity index (χ3v) is 3.92. The molecule has 2 atom stereocenters. The highest BCUT2D eigenvalue weighted by atomic mass is 127. The van der Waals surface area contributed by atoms with Gasteiger partial charge in [0.2, 0.25) is 0 Å². The molecule has 1 fully saturated rings. The van der Waals surface area contributed by atoms with E-state index in [0.717, 1.165) is 24.6 Å². The van der Waals surface area contributed by atoms with E-state index in [9.17, 15) is 0 Å². The lowest BCUT2D eigenvalue weighted by Gasteiger charge is -2.24. The zero-order valence-corrected chi connectivity index (χ0v) is 16.6. The van der Waals surface area contributed by atoms with E-state index in [2.05, 4.69) is 15.2 Å². The Morgan fingerprint density at radius 3 is 2.70 bits per heavy atom. The smallest absolute Gasteiger partial charge is 0.188 e. The lowest BCUT2D eigenvalue weighted by Crippen LogP contribution is -2.41. The number of nitrogens with one attached hydrogen (secondary N) is 1. The molecule has 2 heterocycles. The van der Waals surface area contributed by atoms with Gasteiger partial charge in [-0.3, -0.25) is 9.89 Å². The first-order chi connectivity index (χ1) is 10.6. The number of halogens is 1. The van der Waals surface area contributed by atoms with E-state index in [0.29, 0.717) is 19.1 Å². The summed E-state index contributed by atoms with van der Waals surface area (Å²) in [5.74, 6) is 2.36. The van der Waals surface area contributed by atoms with Gasteiger partial charge in [-0.15, -0.1) is 24.0 Å². The molecule has 1 aromatic heterocycles. The van der Waals surface area contributed by atoms with Crippen molar-refractivity contribution >= 4 is 29.9 Å². The number of hydrogen-bond donors (Lipinski definition) is 2. The second kappa shape index (κ2) is 10.1. The fourth-order valence-electron chi connectivity index (χ4n) is 2.85. The molecule has 0 aromatic carbocycles. The minimum Gasteiger partial charge on any atom is -0.465 e. The Morgan fingerprint density at radius 2 is 2.13 bits per heavy atom. The molecule has 1 aliphatic rings. The number of rotatable bonds is 7. The number of hydrogen-bond acceptors (Lipinski definition) is 4. The predicted octanol–water partition coefficient (Wildman–Crippen LogP) is 2.28. The Hall–Kier alpha value is -0.800. The topological polar surface area (TPSA) is 76.0 Å². The van der Waals surface area contributed by atoms with Crippen molar-refractivity contribution in [1.29, 1.82) is 0 Å². The van der Waals surface area contributed by atoms with Crippen molar-refractivity contribution in [2.75, 3.05) is 33.4 Å². The molecular weight excluding hydrogens is 407 g/mol. The maximum Gasteiger partial charge on any atom is 0.188 e. The lowest BCUT2D eigenvalue weighted by molar-refractivity contribution is 0.179. The second-order valence-electron chi connectivity index (χ2n) is 5.93. The van der Waals surface area contributed by atoms with Gasteiger partial charge >= 0.3 is 0 Å². The molecule has 2 rings (SSSR count). The summed E-state index contributed by atoms with van der Waals surface area (Å²) in [7, 11) is 1.67. The third kappa shape index (κ3) is 6.31. The summed E-state index contributed by atoms with van der Waals surface area (Å²) in [6.45, 7) is 7.37. The van der Waals surface area contributed by atoms with Gasteiger partial charge in [0.05, 0.1) is 19.2 Å². The SMILES string of the molecule is COCC(C)NC(N)=NCC(c1ccc(C)o1)N1CCCC1.I. The van der Waals surface area contributed by atoms with Crippen LogP contribution < -0.4 is 11.1 Å². The molecule has 0 aliphatic carbocycles. The molecular formula is C16H29IN4O2. The Balaban J connectivity index is 0.00000264. The highest BCUT2D eigenvalue weighted by molar-refractivity contribution is 14.0. The molecule has 1 aromatic rings. The zero-order valence-electron chi connectivity index (χ0n) is 14.2. The maximum atomic E-state index is 5.97. The number of guanidine groups is 1. The van der Waals surface area contributed by atoms with Crippen LogP contribution in [0.15, 0.2) is 21.5 Å². The van der Waals surface area contributed by atoms with Crippen molar-refractivity contribution in [3.05, 3.63) is 23.7 Å². The number of nitrogens with zero attached hydrogens (tertiary/aromatic N) is 2. The lowest BCUT2D eigenvalue weighted by atomic mass is 10.2. The Morgan fingerprint density at radius 1 is 1.43 bits per heavy atom. The van der Waals surface area contributed by atoms with Crippen molar-refractivity contribution in [2.45, 2.75) is 38.8 Å². The fourth-order valence-corrected chi connectivity index (χ4v) is 2.85. The van der Waals surface area contributed by atoms with Gasteiger partial charge in [0, 0.05) is 13.2 Å². The molecule has 23 heavy (non-hydrogen) atoms. The predicted molar refractivity (Wildman–Crippen MR) is 103 cm³/mol. The van der Waals surface area contributed by atoms with Crippen LogP contribution in [0.3, 0.4) is 0 Å². The summed E-state index contributed by atoms with van der Waals surface area (Å²) in [6, 6.07) is 4.36. The largest absolute Gasteiger partial charge is 0.465 e. The normalized spacial score (nSPS) is 18.5. The molecule has 1 saturated heterocycles.